The van der Waals surface area contributed by atoms with E-state index in [0.29, 0.717) is 0 Å². The van der Waals surface area contributed by atoms with Crippen molar-refractivity contribution in [2.24, 2.45) is 5.41 Å². The van der Waals surface area contributed by atoms with Crippen molar-refractivity contribution in [2.45, 2.75) is 27.7 Å². The van der Waals surface area contributed by atoms with Gasteiger partial charge in [0.15, 0.2) is 0 Å². The van der Waals surface area contributed by atoms with Crippen LogP contribution in [-0.2, 0) is 0 Å². The number of benzene rings is 1. The van der Waals surface area contributed by atoms with Crippen LogP contribution >= 0.6 is 0 Å². The van der Waals surface area contributed by atoms with Gasteiger partial charge in [0, 0.05) is 0 Å². The van der Waals surface area contributed by atoms with Crippen LogP contribution in [0.4, 0.5) is 0 Å². The highest BCUT2D eigenvalue weighted by molar-refractivity contribution is 5.61. The first-order valence-corrected chi connectivity index (χ1v) is 5.27. The molecule has 0 aliphatic rings. The van der Waals surface area contributed by atoms with Gasteiger partial charge in [0.05, 0.1) is 6.61 Å². The molecule has 1 nitrogen and oxygen atoms in total. The van der Waals surface area contributed by atoms with Gasteiger partial charge in [-0.2, -0.15) is 0 Å². The molecule has 0 aliphatic heterocycles. The molecule has 0 fully saturated rings. The number of allylic oxidation sites excluding steroid dienone is 1. The summed E-state index contributed by atoms with van der Waals surface area (Å²) in [5, 5.41) is 0. The summed E-state index contributed by atoms with van der Waals surface area (Å²) in [6.07, 6.45) is 0. The molecule has 0 aliphatic carbocycles. The summed E-state index contributed by atoms with van der Waals surface area (Å²) in [6.45, 7) is 13.1. The standard InChI is InChI=1S/C14H20O/c1-11(2)12-6-8-13(9-7-12)15-10-14(3,4)5/h6-9H,1,10H2,2-5H3. The van der Waals surface area contributed by atoms with Crippen molar-refractivity contribution in [1.29, 1.82) is 0 Å². The molecule has 0 saturated heterocycles. The zero-order valence-electron chi connectivity index (χ0n) is 10.1. The van der Waals surface area contributed by atoms with Crippen molar-refractivity contribution in [3.63, 3.8) is 0 Å². The summed E-state index contributed by atoms with van der Waals surface area (Å²) >= 11 is 0. The van der Waals surface area contributed by atoms with Crippen LogP contribution in [0.2, 0.25) is 0 Å². The van der Waals surface area contributed by atoms with Crippen LogP contribution < -0.4 is 4.74 Å². The lowest BCUT2D eigenvalue weighted by Crippen LogP contribution is -2.16. The maximum atomic E-state index is 5.68. The number of ether oxygens (including phenoxy) is 1. The second kappa shape index (κ2) is 4.52. The summed E-state index contributed by atoms with van der Waals surface area (Å²) < 4.78 is 5.68. The molecule has 0 bridgehead atoms. The van der Waals surface area contributed by atoms with Crippen LogP contribution in [0, 0.1) is 5.41 Å². The SMILES string of the molecule is C=C(C)c1ccc(OCC(C)(C)C)cc1. The van der Waals surface area contributed by atoms with Crippen molar-refractivity contribution in [1.82, 2.24) is 0 Å². The summed E-state index contributed by atoms with van der Waals surface area (Å²) in [5.41, 5.74) is 2.45. The van der Waals surface area contributed by atoms with E-state index in [1.165, 1.54) is 0 Å². The van der Waals surface area contributed by atoms with Gasteiger partial charge in [-0.15, -0.1) is 0 Å². The second-order valence-corrected chi connectivity index (χ2v) is 5.15. The van der Waals surface area contributed by atoms with E-state index in [4.69, 9.17) is 4.74 Å². The first kappa shape index (κ1) is 11.8. The molecular formula is C14H20O. The van der Waals surface area contributed by atoms with E-state index < -0.39 is 0 Å². The molecule has 0 radical (unpaired) electrons. The average molecular weight is 204 g/mol. The van der Waals surface area contributed by atoms with Crippen molar-refractivity contribution in [3.8, 4) is 5.75 Å². The van der Waals surface area contributed by atoms with Gasteiger partial charge >= 0.3 is 0 Å². The largest absolute Gasteiger partial charge is 0.493 e. The number of hydrogen-bond donors (Lipinski definition) is 0. The lowest BCUT2D eigenvalue weighted by Gasteiger charge is -2.18. The fraction of sp³-hybridized carbons (Fsp3) is 0.429. The zero-order valence-corrected chi connectivity index (χ0v) is 10.1. The fourth-order valence-electron chi connectivity index (χ4n) is 1.14. The highest BCUT2D eigenvalue weighted by Gasteiger charge is 2.10. The van der Waals surface area contributed by atoms with Crippen LogP contribution in [0.25, 0.3) is 5.57 Å². The molecule has 0 amide bonds. The summed E-state index contributed by atoms with van der Waals surface area (Å²) in [4.78, 5) is 0. The van der Waals surface area contributed by atoms with Gasteiger partial charge < -0.3 is 4.74 Å². The third-order valence-corrected chi connectivity index (χ3v) is 2.02. The Kier molecular flexibility index (Phi) is 3.57. The zero-order chi connectivity index (χ0) is 11.5. The van der Waals surface area contributed by atoms with Gasteiger partial charge in [-0.3, -0.25) is 0 Å². The van der Waals surface area contributed by atoms with E-state index in [-0.39, 0.29) is 5.41 Å². The molecule has 1 rings (SSSR count). The predicted molar refractivity (Wildman–Crippen MR) is 66.1 cm³/mol. The molecule has 0 atom stereocenters. The minimum Gasteiger partial charge on any atom is -0.493 e. The summed E-state index contributed by atoms with van der Waals surface area (Å²) in [6, 6.07) is 8.08. The van der Waals surface area contributed by atoms with Gasteiger partial charge in [-0.05, 0) is 30.0 Å². The first-order chi connectivity index (χ1) is 6.88. The molecule has 0 spiro atoms. The lowest BCUT2D eigenvalue weighted by molar-refractivity contribution is 0.198. The van der Waals surface area contributed by atoms with Crippen molar-refractivity contribution in [2.75, 3.05) is 6.61 Å². The summed E-state index contributed by atoms with van der Waals surface area (Å²) in [5.74, 6) is 0.926. The van der Waals surface area contributed by atoms with Crippen molar-refractivity contribution >= 4 is 5.57 Å². The van der Waals surface area contributed by atoms with E-state index >= 15 is 0 Å². The van der Waals surface area contributed by atoms with Gasteiger partial charge in [-0.25, -0.2) is 0 Å². The van der Waals surface area contributed by atoms with Crippen molar-refractivity contribution < 1.29 is 4.74 Å². The molecule has 0 N–H and O–H groups in total. The molecule has 0 saturated carbocycles. The lowest BCUT2D eigenvalue weighted by atomic mass is 9.99. The highest BCUT2D eigenvalue weighted by Crippen LogP contribution is 2.20. The average Bonchev–Trinajstić information content (AvgIpc) is 2.14. The molecule has 0 unspecified atom stereocenters. The Hall–Kier alpha value is -1.24. The molecule has 1 heteroatoms. The minimum atomic E-state index is 0.201. The van der Waals surface area contributed by atoms with E-state index in [9.17, 15) is 0 Å². The Labute approximate surface area is 92.8 Å². The van der Waals surface area contributed by atoms with E-state index in [1.54, 1.807) is 0 Å². The van der Waals surface area contributed by atoms with E-state index in [1.807, 2.05) is 31.2 Å². The number of rotatable bonds is 3. The molecule has 1 aromatic rings. The second-order valence-electron chi connectivity index (χ2n) is 5.15. The van der Waals surface area contributed by atoms with Gasteiger partial charge in [0.1, 0.15) is 5.75 Å². The Morgan fingerprint density at radius 2 is 1.73 bits per heavy atom. The highest BCUT2D eigenvalue weighted by atomic mass is 16.5. The van der Waals surface area contributed by atoms with Crippen LogP contribution in [0.15, 0.2) is 30.8 Å². The normalized spacial score (nSPS) is 11.2. The minimum absolute atomic E-state index is 0.201. The molecule has 0 heterocycles. The Morgan fingerprint density at radius 1 is 1.20 bits per heavy atom. The van der Waals surface area contributed by atoms with Crippen LogP contribution in [-0.4, -0.2) is 6.61 Å². The molecule has 15 heavy (non-hydrogen) atoms. The fourth-order valence-corrected chi connectivity index (χ4v) is 1.14. The maximum absolute atomic E-state index is 5.68. The Balaban J connectivity index is 2.61. The molecule has 0 aromatic heterocycles. The van der Waals surface area contributed by atoms with Gasteiger partial charge in [0.25, 0.3) is 0 Å². The first-order valence-electron chi connectivity index (χ1n) is 5.27. The van der Waals surface area contributed by atoms with Gasteiger partial charge in [-0.1, -0.05) is 45.1 Å². The van der Waals surface area contributed by atoms with Crippen LogP contribution in [0.5, 0.6) is 5.75 Å². The quantitative estimate of drug-likeness (QED) is 0.719. The molecule has 82 valence electrons. The molecular weight excluding hydrogens is 184 g/mol. The van der Waals surface area contributed by atoms with E-state index in [2.05, 4.69) is 27.4 Å². The monoisotopic (exact) mass is 204 g/mol. The van der Waals surface area contributed by atoms with Crippen LogP contribution in [0.1, 0.15) is 33.3 Å². The Morgan fingerprint density at radius 3 is 2.13 bits per heavy atom. The van der Waals surface area contributed by atoms with Gasteiger partial charge in [0.2, 0.25) is 0 Å². The third kappa shape index (κ3) is 4.20. The Bertz CT molecular complexity index is 327. The molecule has 1 aromatic carbocycles. The predicted octanol–water partition coefficient (Wildman–Crippen LogP) is 4.14. The summed E-state index contributed by atoms with van der Waals surface area (Å²) in [7, 11) is 0. The topological polar surface area (TPSA) is 9.23 Å². The van der Waals surface area contributed by atoms with E-state index in [0.717, 1.165) is 23.5 Å². The smallest absolute Gasteiger partial charge is 0.119 e. The van der Waals surface area contributed by atoms with Crippen molar-refractivity contribution in [3.05, 3.63) is 36.4 Å². The maximum Gasteiger partial charge on any atom is 0.119 e. The number of hydrogen-bond acceptors (Lipinski definition) is 1. The van der Waals surface area contributed by atoms with Crippen LogP contribution in [0.3, 0.4) is 0 Å². The third-order valence-electron chi connectivity index (χ3n) is 2.02.